The zero-order chi connectivity index (χ0) is 18.9. The van der Waals surface area contributed by atoms with Crippen LogP contribution in [0.1, 0.15) is 55.8 Å². The van der Waals surface area contributed by atoms with Crippen molar-refractivity contribution < 1.29 is 4.74 Å². The Hall–Kier alpha value is -2.62. The zero-order valence-electron chi connectivity index (χ0n) is 15.6. The van der Waals surface area contributed by atoms with Gasteiger partial charge in [-0.15, -0.1) is 0 Å². The molecule has 0 aromatic heterocycles. The monoisotopic (exact) mass is 356 g/mol. The van der Waals surface area contributed by atoms with E-state index in [1.165, 1.54) is 0 Å². The number of nitrogens with zero attached hydrogens (tertiary/aromatic N) is 2. The molecule has 0 bridgehead atoms. The van der Waals surface area contributed by atoms with Gasteiger partial charge in [-0.25, -0.2) is 0 Å². The second-order valence-electron chi connectivity index (χ2n) is 7.83. The zero-order valence-corrected chi connectivity index (χ0v) is 15.6. The number of fused-ring (bicyclic) bond motifs is 1. The fraction of sp³-hybridized carbons (Fsp3) is 0.417. The first kappa shape index (κ1) is 17.8. The summed E-state index contributed by atoms with van der Waals surface area (Å²) in [5.74, 6) is 0.121. The molecule has 4 rings (SSSR count). The standard InChI is InChI=1S/C24H24N2O/c1-18(19-10-4-2-5-11-19)27-24-15-9-8-14-21(24)22(23(24,16-25)17-26)20-12-6-3-7-13-20/h2-7,10-13,18,21-22H,8-9,14-15H2,1H3/t18-,21-,22+,24+/m0/s1. The van der Waals surface area contributed by atoms with Crippen molar-refractivity contribution in [1.82, 2.24) is 0 Å². The average molecular weight is 356 g/mol. The molecule has 3 heteroatoms. The maximum absolute atomic E-state index is 10.2. The van der Waals surface area contributed by atoms with E-state index in [0.717, 1.165) is 36.8 Å². The Balaban J connectivity index is 1.75. The number of rotatable bonds is 4. The third-order valence-corrected chi connectivity index (χ3v) is 6.62. The minimum absolute atomic E-state index is 0.0861. The van der Waals surface area contributed by atoms with Crippen LogP contribution in [-0.4, -0.2) is 5.60 Å². The summed E-state index contributed by atoms with van der Waals surface area (Å²) in [7, 11) is 0. The van der Waals surface area contributed by atoms with Crippen LogP contribution in [0.25, 0.3) is 0 Å². The molecule has 2 aromatic carbocycles. The summed E-state index contributed by atoms with van der Waals surface area (Å²) in [6.45, 7) is 2.03. The minimum atomic E-state index is -1.14. The molecule has 27 heavy (non-hydrogen) atoms. The van der Waals surface area contributed by atoms with Crippen molar-refractivity contribution >= 4 is 0 Å². The molecule has 2 saturated carbocycles. The van der Waals surface area contributed by atoms with Crippen LogP contribution < -0.4 is 0 Å². The van der Waals surface area contributed by atoms with E-state index in [1.54, 1.807) is 0 Å². The molecule has 0 aliphatic heterocycles. The van der Waals surface area contributed by atoms with Gasteiger partial charge in [0.05, 0.1) is 18.2 Å². The number of benzene rings is 2. The third-order valence-electron chi connectivity index (χ3n) is 6.62. The molecule has 0 amide bonds. The van der Waals surface area contributed by atoms with E-state index in [-0.39, 0.29) is 17.9 Å². The van der Waals surface area contributed by atoms with Crippen LogP contribution in [0, 0.1) is 34.0 Å². The summed E-state index contributed by atoms with van der Waals surface area (Å²) in [5.41, 5.74) is 0.343. The van der Waals surface area contributed by atoms with Crippen LogP contribution in [-0.2, 0) is 4.74 Å². The largest absolute Gasteiger partial charge is 0.364 e. The van der Waals surface area contributed by atoms with Gasteiger partial charge in [-0.1, -0.05) is 73.5 Å². The number of hydrogen-bond acceptors (Lipinski definition) is 3. The van der Waals surface area contributed by atoms with Crippen molar-refractivity contribution in [3.8, 4) is 12.1 Å². The summed E-state index contributed by atoms with van der Waals surface area (Å²) >= 11 is 0. The van der Waals surface area contributed by atoms with Gasteiger partial charge < -0.3 is 4.74 Å². The van der Waals surface area contributed by atoms with E-state index in [1.807, 2.05) is 67.6 Å². The van der Waals surface area contributed by atoms with Gasteiger partial charge in [0, 0.05) is 11.8 Å². The Morgan fingerprint density at radius 1 is 0.963 bits per heavy atom. The van der Waals surface area contributed by atoms with Crippen LogP contribution in [0.2, 0.25) is 0 Å². The summed E-state index contributed by atoms with van der Waals surface area (Å²) < 4.78 is 6.67. The lowest BCUT2D eigenvalue weighted by atomic mass is 9.39. The Morgan fingerprint density at radius 2 is 1.59 bits per heavy atom. The number of ether oxygens (including phenoxy) is 1. The highest BCUT2D eigenvalue weighted by Gasteiger charge is 2.75. The maximum Gasteiger partial charge on any atom is 0.179 e. The fourth-order valence-corrected chi connectivity index (χ4v) is 5.41. The minimum Gasteiger partial charge on any atom is -0.364 e. The highest BCUT2D eigenvalue weighted by atomic mass is 16.5. The lowest BCUT2D eigenvalue weighted by Crippen LogP contribution is -2.70. The first-order chi connectivity index (χ1) is 13.2. The van der Waals surface area contributed by atoms with Crippen molar-refractivity contribution in [2.24, 2.45) is 11.3 Å². The fourth-order valence-electron chi connectivity index (χ4n) is 5.41. The Morgan fingerprint density at radius 3 is 2.22 bits per heavy atom. The molecule has 0 saturated heterocycles. The van der Waals surface area contributed by atoms with E-state index in [4.69, 9.17) is 4.74 Å². The van der Waals surface area contributed by atoms with Crippen molar-refractivity contribution in [2.75, 3.05) is 0 Å². The smallest absolute Gasteiger partial charge is 0.179 e. The lowest BCUT2D eigenvalue weighted by molar-refractivity contribution is -0.256. The second kappa shape index (κ2) is 6.84. The number of nitriles is 2. The summed E-state index contributed by atoms with van der Waals surface area (Å²) in [5, 5.41) is 20.4. The van der Waals surface area contributed by atoms with Crippen molar-refractivity contribution in [3.63, 3.8) is 0 Å². The van der Waals surface area contributed by atoms with Gasteiger partial charge in [-0.3, -0.25) is 0 Å². The Kier molecular flexibility index (Phi) is 4.50. The molecule has 0 heterocycles. The maximum atomic E-state index is 10.2. The molecule has 2 aliphatic carbocycles. The van der Waals surface area contributed by atoms with Gasteiger partial charge in [0.15, 0.2) is 5.41 Å². The number of hydrogen-bond donors (Lipinski definition) is 0. The average Bonchev–Trinajstić information content (AvgIpc) is 2.72. The molecule has 3 nitrogen and oxygen atoms in total. The normalized spacial score (nSPS) is 29.4. The van der Waals surface area contributed by atoms with Gasteiger partial charge >= 0.3 is 0 Å². The van der Waals surface area contributed by atoms with E-state index < -0.39 is 11.0 Å². The summed E-state index contributed by atoms with van der Waals surface area (Å²) in [6.07, 6.45) is 3.77. The topological polar surface area (TPSA) is 56.8 Å². The lowest BCUT2D eigenvalue weighted by Gasteiger charge is -2.65. The molecule has 0 N–H and O–H groups in total. The first-order valence-corrected chi connectivity index (χ1v) is 9.79. The van der Waals surface area contributed by atoms with Crippen LogP contribution in [0.5, 0.6) is 0 Å². The predicted octanol–water partition coefficient (Wildman–Crippen LogP) is 5.52. The SMILES string of the molecule is C[C@H](O[C@]12CCCC[C@H]1[C@@H](c1ccccc1)C2(C#N)C#N)c1ccccc1. The highest BCUT2D eigenvalue weighted by Crippen LogP contribution is 2.70. The quantitative estimate of drug-likeness (QED) is 0.724. The molecular weight excluding hydrogens is 332 g/mol. The van der Waals surface area contributed by atoms with E-state index >= 15 is 0 Å². The van der Waals surface area contributed by atoms with Gasteiger partial charge in [0.1, 0.15) is 5.60 Å². The second-order valence-corrected chi connectivity index (χ2v) is 7.83. The van der Waals surface area contributed by atoms with Gasteiger partial charge in [0.25, 0.3) is 0 Å². The van der Waals surface area contributed by atoms with Crippen molar-refractivity contribution in [3.05, 3.63) is 71.8 Å². The molecule has 0 spiro atoms. The molecule has 0 radical (unpaired) electrons. The van der Waals surface area contributed by atoms with E-state index in [0.29, 0.717) is 0 Å². The van der Waals surface area contributed by atoms with Crippen molar-refractivity contribution in [1.29, 1.82) is 10.5 Å². The predicted molar refractivity (Wildman–Crippen MR) is 103 cm³/mol. The molecule has 0 unspecified atom stereocenters. The molecule has 2 fully saturated rings. The van der Waals surface area contributed by atoms with Crippen LogP contribution >= 0.6 is 0 Å². The Labute approximate surface area is 161 Å². The molecule has 2 aliphatic rings. The van der Waals surface area contributed by atoms with Crippen molar-refractivity contribution in [2.45, 2.75) is 50.2 Å². The molecular formula is C24H24N2O. The van der Waals surface area contributed by atoms with Crippen LogP contribution in [0.15, 0.2) is 60.7 Å². The molecule has 4 atom stereocenters. The van der Waals surface area contributed by atoms with E-state index in [2.05, 4.69) is 12.1 Å². The van der Waals surface area contributed by atoms with Gasteiger partial charge in [0.2, 0.25) is 0 Å². The first-order valence-electron chi connectivity index (χ1n) is 9.79. The highest BCUT2D eigenvalue weighted by molar-refractivity contribution is 5.45. The van der Waals surface area contributed by atoms with Gasteiger partial charge in [-0.05, 0) is 30.9 Å². The third kappa shape index (κ3) is 2.50. The van der Waals surface area contributed by atoms with Crippen LogP contribution in [0.3, 0.4) is 0 Å². The summed E-state index contributed by atoms with van der Waals surface area (Å²) in [6, 6.07) is 25.0. The van der Waals surface area contributed by atoms with Crippen LogP contribution in [0.4, 0.5) is 0 Å². The van der Waals surface area contributed by atoms with Gasteiger partial charge in [-0.2, -0.15) is 10.5 Å². The molecule has 136 valence electrons. The molecule has 2 aromatic rings. The summed E-state index contributed by atoms with van der Waals surface area (Å²) in [4.78, 5) is 0. The Bertz CT molecular complexity index is 866. The van der Waals surface area contributed by atoms with E-state index in [9.17, 15) is 10.5 Å².